The van der Waals surface area contributed by atoms with Crippen LogP contribution in [0.1, 0.15) is 74.3 Å². The number of halogens is 1. The molecule has 0 aliphatic carbocycles. The maximum Gasteiger partial charge on any atom is 0.205 e. The molecule has 2 aromatic carbocycles. The Kier molecular flexibility index (Phi) is 8.95. The Morgan fingerprint density at radius 1 is 0.971 bits per heavy atom. The molecule has 0 atom stereocenters. The Morgan fingerprint density at radius 2 is 1.51 bits per heavy atom. The highest BCUT2D eigenvalue weighted by Crippen LogP contribution is 2.39. The average Bonchev–Trinajstić information content (AvgIpc) is 3.08. The summed E-state index contributed by atoms with van der Waals surface area (Å²) in [6.45, 7) is 12.7. The first kappa shape index (κ1) is 28.6. The predicted molar refractivity (Wildman–Crippen MR) is 146 cm³/mol. The van der Waals surface area contributed by atoms with Gasteiger partial charge in [-0.1, -0.05) is 71.9 Å². The highest BCUT2D eigenvalue weighted by Gasteiger charge is 2.28. The van der Waals surface area contributed by atoms with Crippen molar-refractivity contribution in [2.45, 2.75) is 72.1 Å². The van der Waals surface area contributed by atoms with E-state index >= 15 is 0 Å². The molecule has 7 heteroatoms. The van der Waals surface area contributed by atoms with Crippen molar-refractivity contribution >= 4 is 22.8 Å². The minimum absolute atomic E-state index is 0. The summed E-state index contributed by atoms with van der Waals surface area (Å²) in [5.41, 5.74) is 3.82. The van der Waals surface area contributed by atoms with E-state index in [1.165, 1.54) is 0 Å². The van der Waals surface area contributed by atoms with Gasteiger partial charge in [-0.2, -0.15) is 0 Å². The maximum absolute atomic E-state index is 13.5. The number of hydrogen-bond donors (Lipinski definition) is 2. The molecule has 3 rings (SSSR count). The Balaban J connectivity index is 0.00000432. The van der Waals surface area contributed by atoms with Crippen LogP contribution in [0, 0.1) is 0 Å². The Morgan fingerprint density at radius 3 is 1.97 bits per heavy atom. The minimum atomic E-state index is -0.319. The van der Waals surface area contributed by atoms with Crippen LogP contribution in [0.15, 0.2) is 53.7 Å². The van der Waals surface area contributed by atoms with E-state index in [1.807, 2.05) is 88.6 Å². The SMILES string of the molecule is Br.CN=c1n(CC(=O)c2cc(C(C)(C)C)c(O)c(C(C)(C)C)c2)cc(CO)n1Cc1ccccc1. The number of ketones is 1. The molecule has 2 N–H and O–H groups in total. The van der Waals surface area contributed by atoms with Crippen LogP contribution in [0.2, 0.25) is 0 Å². The van der Waals surface area contributed by atoms with Crippen LogP contribution in [-0.2, 0) is 30.5 Å². The number of hydrogen-bond acceptors (Lipinski definition) is 4. The molecule has 6 nitrogen and oxygen atoms in total. The number of aromatic hydroxyl groups is 1. The second-order valence-electron chi connectivity index (χ2n) is 10.8. The Labute approximate surface area is 218 Å². The number of benzene rings is 2. The van der Waals surface area contributed by atoms with E-state index in [1.54, 1.807) is 17.8 Å². The normalized spacial score (nSPS) is 12.5. The second kappa shape index (κ2) is 11.0. The van der Waals surface area contributed by atoms with Crippen molar-refractivity contribution in [3.63, 3.8) is 0 Å². The van der Waals surface area contributed by atoms with E-state index in [0.29, 0.717) is 23.4 Å². The van der Waals surface area contributed by atoms with Crippen molar-refractivity contribution in [1.82, 2.24) is 9.13 Å². The number of nitrogens with zero attached hydrogens (tertiary/aromatic N) is 3. The van der Waals surface area contributed by atoms with Crippen molar-refractivity contribution in [1.29, 1.82) is 0 Å². The number of imidazole rings is 1. The molecule has 0 aliphatic heterocycles. The second-order valence-corrected chi connectivity index (χ2v) is 10.8. The van der Waals surface area contributed by atoms with Gasteiger partial charge in [-0.3, -0.25) is 9.79 Å². The molecule has 0 radical (unpaired) electrons. The molecule has 0 aliphatic rings. The number of aliphatic hydroxyl groups excluding tert-OH is 1. The predicted octanol–water partition coefficient (Wildman–Crippen LogP) is 5.12. The number of aromatic nitrogens is 2. The van der Waals surface area contributed by atoms with Crippen LogP contribution in [-0.4, -0.2) is 32.2 Å². The molecular weight excluding hydrogens is 506 g/mol. The van der Waals surface area contributed by atoms with E-state index < -0.39 is 0 Å². The fourth-order valence-electron chi connectivity index (χ4n) is 4.21. The quantitative estimate of drug-likeness (QED) is 0.423. The monoisotopic (exact) mass is 543 g/mol. The molecule has 190 valence electrons. The zero-order valence-electron chi connectivity index (χ0n) is 21.8. The van der Waals surface area contributed by atoms with E-state index in [4.69, 9.17) is 0 Å². The van der Waals surface area contributed by atoms with Crippen molar-refractivity contribution in [3.05, 3.63) is 82.2 Å². The van der Waals surface area contributed by atoms with Crippen LogP contribution in [0.3, 0.4) is 0 Å². The van der Waals surface area contributed by atoms with Crippen molar-refractivity contribution in [3.8, 4) is 5.75 Å². The van der Waals surface area contributed by atoms with Crippen LogP contribution in [0.5, 0.6) is 5.75 Å². The van der Waals surface area contributed by atoms with Gasteiger partial charge < -0.3 is 19.3 Å². The molecular formula is C28H38BrN3O3. The zero-order chi connectivity index (χ0) is 25.3. The van der Waals surface area contributed by atoms with Gasteiger partial charge in [0.2, 0.25) is 5.62 Å². The largest absolute Gasteiger partial charge is 0.507 e. The summed E-state index contributed by atoms with van der Waals surface area (Å²) in [5.74, 6) is 0.178. The van der Waals surface area contributed by atoms with Gasteiger partial charge in [0.1, 0.15) is 5.75 Å². The van der Waals surface area contributed by atoms with Crippen LogP contribution >= 0.6 is 17.0 Å². The van der Waals surface area contributed by atoms with Gasteiger partial charge in [-0.05, 0) is 28.5 Å². The lowest BCUT2D eigenvalue weighted by Crippen LogP contribution is -2.29. The number of carbonyl (C=O) groups excluding carboxylic acids is 1. The number of phenolic OH excluding ortho intramolecular Hbond substituents is 1. The molecule has 1 heterocycles. The summed E-state index contributed by atoms with van der Waals surface area (Å²) in [4.78, 5) is 17.9. The molecule has 0 saturated heterocycles. The third-order valence-corrected chi connectivity index (χ3v) is 6.06. The molecule has 0 bridgehead atoms. The molecule has 0 saturated carbocycles. The van der Waals surface area contributed by atoms with E-state index in [2.05, 4.69) is 4.99 Å². The zero-order valence-corrected chi connectivity index (χ0v) is 23.5. The summed E-state index contributed by atoms with van der Waals surface area (Å²) in [5, 5.41) is 21.0. The third kappa shape index (κ3) is 6.33. The summed E-state index contributed by atoms with van der Waals surface area (Å²) >= 11 is 0. The standard InChI is InChI=1S/C28H37N3O3.BrH/c1-27(2,3)22-13-20(14-23(25(22)34)28(4,5)6)24(33)17-30-16-21(18-32)31(26(30)29-7)15-19-11-9-8-10-12-19;/h8-14,16,32,34H,15,17-18H2,1-7H3;1H. The topological polar surface area (TPSA) is 79.8 Å². The Bertz CT molecular complexity index is 1210. The van der Waals surface area contributed by atoms with Gasteiger partial charge >= 0.3 is 0 Å². The first-order chi connectivity index (χ1) is 15.9. The molecule has 1 aromatic heterocycles. The third-order valence-electron chi connectivity index (χ3n) is 6.06. The first-order valence-corrected chi connectivity index (χ1v) is 11.6. The van der Waals surface area contributed by atoms with Gasteiger partial charge in [0, 0.05) is 29.9 Å². The number of rotatable bonds is 6. The lowest BCUT2D eigenvalue weighted by atomic mass is 9.78. The van der Waals surface area contributed by atoms with E-state index in [9.17, 15) is 15.0 Å². The molecule has 3 aromatic rings. The number of phenols is 1. The Hall–Kier alpha value is -2.64. The van der Waals surface area contributed by atoms with Gasteiger partial charge in [0.05, 0.1) is 25.4 Å². The molecule has 0 unspecified atom stereocenters. The lowest BCUT2D eigenvalue weighted by molar-refractivity contribution is 0.0970. The van der Waals surface area contributed by atoms with Gasteiger partial charge in [-0.25, -0.2) is 0 Å². The van der Waals surface area contributed by atoms with Crippen LogP contribution in [0.25, 0.3) is 0 Å². The molecule has 0 spiro atoms. The number of Topliss-reactive ketones (excluding diaryl/α,β-unsaturated/α-hetero) is 1. The maximum atomic E-state index is 13.5. The highest BCUT2D eigenvalue weighted by molar-refractivity contribution is 8.93. The molecule has 35 heavy (non-hydrogen) atoms. The van der Waals surface area contributed by atoms with Crippen molar-refractivity contribution in [2.24, 2.45) is 4.99 Å². The van der Waals surface area contributed by atoms with Gasteiger partial charge in [0.25, 0.3) is 0 Å². The summed E-state index contributed by atoms with van der Waals surface area (Å²) in [6, 6.07) is 13.6. The van der Waals surface area contributed by atoms with E-state index in [0.717, 1.165) is 16.7 Å². The summed E-state index contributed by atoms with van der Waals surface area (Å²) in [7, 11) is 1.69. The summed E-state index contributed by atoms with van der Waals surface area (Å²) < 4.78 is 3.72. The number of aliphatic hydroxyl groups is 1. The fraction of sp³-hybridized carbons (Fsp3) is 0.429. The fourth-order valence-corrected chi connectivity index (χ4v) is 4.21. The van der Waals surface area contributed by atoms with Gasteiger partial charge in [0.15, 0.2) is 5.78 Å². The summed E-state index contributed by atoms with van der Waals surface area (Å²) in [6.07, 6.45) is 1.79. The minimum Gasteiger partial charge on any atom is -0.507 e. The average molecular weight is 545 g/mol. The first-order valence-electron chi connectivity index (χ1n) is 11.6. The lowest BCUT2D eigenvalue weighted by Gasteiger charge is -2.28. The van der Waals surface area contributed by atoms with Crippen LogP contribution in [0.4, 0.5) is 0 Å². The smallest absolute Gasteiger partial charge is 0.205 e. The molecule has 0 fully saturated rings. The van der Waals surface area contributed by atoms with Crippen LogP contribution < -0.4 is 5.62 Å². The van der Waals surface area contributed by atoms with E-state index in [-0.39, 0.29) is 52.5 Å². The van der Waals surface area contributed by atoms with Crippen molar-refractivity contribution < 1.29 is 15.0 Å². The highest BCUT2D eigenvalue weighted by atomic mass is 79.9. The molecule has 0 amide bonds. The number of carbonyl (C=O) groups is 1. The van der Waals surface area contributed by atoms with Crippen molar-refractivity contribution in [2.75, 3.05) is 7.05 Å². The van der Waals surface area contributed by atoms with Gasteiger partial charge in [-0.15, -0.1) is 17.0 Å².